The van der Waals surface area contributed by atoms with Crippen LogP contribution < -0.4 is 5.56 Å². The third kappa shape index (κ3) is 3.16. The van der Waals surface area contributed by atoms with Gasteiger partial charge in [0.15, 0.2) is 5.82 Å². The molecule has 0 unspecified atom stereocenters. The molecule has 1 aromatic carbocycles. The molecule has 5 nitrogen and oxygen atoms in total. The van der Waals surface area contributed by atoms with E-state index >= 15 is 0 Å². The molecule has 0 amide bonds. The van der Waals surface area contributed by atoms with E-state index in [0.717, 1.165) is 0 Å². The van der Waals surface area contributed by atoms with Gasteiger partial charge in [0.2, 0.25) is 0 Å². The number of benzene rings is 1. The summed E-state index contributed by atoms with van der Waals surface area (Å²) in [6.45, 7) is 0. The van der Waals surface area contributed by atoms with Gasteiger partial charge >= 0.3 is 0 Å². The highest BCUT2D eigenvalue weighted by Gasteiger charge is 2.15. The fourth-order valence-electron chi connectivity index (χ4n) is 2.78. The van der Waals surface area contributed by atoms with Crippen LogP contribution in [0.15, 0.2) is 65.8 Å². The average molecular weight is 380 g/mol. The molecule has 0 bridgehead atoms. The first kappa shape index (κ1) is 17.6. The summed E-state index contributed by atoms with van der Waals surface area (Å²) in [5.41, 5.74) is 0.0951. The average Bonchev–Trinajstić information content (AvgIpc) is 2.71. The van der Waals surface area contributed by atoms with E-state index in [1.54, 1.807) is 0 Å². The molecular formula is C20H11F3N4O. The van der Waals surface area contributed by atoms with E-state index in [1.807, 2.05) is 0 Å². The van der Waals surface area contributed by atoms with E-state index < -0.39 is 23.0 Å². The van der Waals surface area contributed by atoms with E-state index in [1.165, 1.54) is 61.1 Å². The highest BCUT2D eigenvalue weighted by atomic mass is 19.1. The zero-order chi connectivity index (χ0) is 19.7. The molecule has 28 heavy (non-hydrogen) atoms. The molecule has 0 aliphatic heterocycles. The summed E-state index contributed by atoms with van der Waals surface area (Å²) >= 11 is 0. The Morgan fingerprint density at radius 3 is 2.57 bits per heavy atom. The van der Waals surface area contributed by atoms with Crippen molar-refractivity contribution in [2.45, 2.75) is 0 Å². The van der Waals surface area contributed by atoms with Gasteiger partial charge in [-0.25, -0.2) is 13.2 Å². The van der Waals surface area contributed by atoms with Gasteiger partial charge in [-0.3, -0.25) is 9.78 Å². The first-order chi connectivity index (χ1) is 13.5. The number of rotatable bonds is 3. The molecule has 0 saturated carbocycles. The van der Waals surface area contributed by atoms with Crippen LogP contribution in [0.2, 0.25) is 0 Å². The number of H-pyrrole nitrogens is 1. The summed E-state index contributed by atoms with van der Waals surface area (Å²) in [7, 11) is 0. The Kier molecular flexibility index (Phi) is 4.44. The maximum absolute atomic E-state index is 14.3. The predicted molar refractivity (Wildman–Crippen MR) is 96.6 cm³/mol. The fourth-order valence-corrected chi connectivity index (χ4v) is 2.78. The number of hydrogen-bond donors (Lipinski definition) is 1. The number of nitrogens with zero attached hydrogens (tertiary/aromatic N) is 3. The topological polar surface area (TPSA) is 71.5 Å². The number of aromatic nitrogens is 4. The van der Waals surface area contributed by atoms with Gasteiger partial charge in [0, 0.05) is 29.1 Å². The molecule has 1 N–H and O–H groups in total. The summed E-state index contributed by atoms with van der Waals surface area (Å²) in [5, 5.41) is 7.70. The molecule has 3 heterocycles. The van der Waals surface area contributed by atoms with Crippen molar-refractivity contribution in [3.63, 3.8) is 0 Å². The first-order valence-electron chi connectivity index (χ1n) is 8.15. The van der Waals surface area contributed by atoms with Crippen LogP contribution in [0.25, 0.3) is 33.6 Å². The second-order valence-corrected chi connectivity index (χ2v) is 5.89. The molecule has 8 heteroatoms. The molecular weight excluding hydrogens is 369 g/mol. The van der Waals surface area contributed by atoms with Crippen molar-refractivity contribution in [3.05, 3.63) is 88.9 Å². The van der Waals surface area contributed by atoms with Crippen LogP contribution in [0.4, 0.5) is 13.2 Å². The standard InChI is InChI=1S/C20H11F3N4O/c21-15-4-3-11(8-14(15)19-16(22)2-1-6-24-19)12-9-17(27-26-10-12)13-5-7-25-20(28)18(13)23/h1-10H,(H,25,28). The van der Waals surface area contributed by atoms with Crippen molar-refractivity contribution >= 4 is 0 Å². The van der Waals surface area contributed by atoms with E-state index in [2.05, 4.69) is 20.2 Å². The van der Waals surface area contributed by atoms with Crippen molar-refractivity contribution < 1.29 is 13.2 Å². The Hall–Kier alpha value is -3.81. The zero-order valence-electron chi connectivity index (χ0n) is 14.2. The molecule has 3 aromatic heterocycles. The van der Waals surface area contributed by atoms with Crippen LogP contribution in [0, 0.1) is 17.5 Å². The number of hydrogen-bond acceptors (Lipinski definition) is 4. The van der Waals surface area contributed by atoms with Gasteiger partial charge in [0.05, 0.1) is 11.9 Å². The summed E-state index contributed by atoms with van der Waals surface area (Å²) in [5.74, 6) is -2.27. The van der Waals surface area contributed by atoms with Crippen molar-refractivity contribution in [1.29, 1.82) is 0 Å². The van der Waals surface area contributed by atoms with E-state index in [-0.39, 0.29) is 22.5 Å². The molecule has 0 radical (unpaired) electrons. The molecule has 4 aromatic rings. The number of pyridine rings is 2. The summed E-state index contributed by atoms with van der Waals surface area (Å²) < 4.78 is 42.4. The summed E-state index contributed by atoms with van der Waals surface area (Å²) in [6.07, 6.45) is 4.07. The molecule has 0 fully saturated rings. The van der Waals surface area contributed by atoms with Crippen LogP contribution in [-0.4, -0.2) is 20.2 Å². The van der Waals surface area contributed by atoms with Crippen molar-refractivity contribution in [1.82, 2.24) is 20.2 Å². The number of halogens is 3. The van der Waals surface area contributed by atoms with Crippen LogP contribution >= 0.6 is 0 Å². The Labute approximate surface area is 156 Å². The lowest BCUT2D eigenvalue weighted by Gasteiger charge is -2.08. The maximum Gasteiger partial charge on any atom is 0.284 e. The second-order valence-electron chi connectivity index (χ2n) is 5.89. The first-order valence-corrected chi connectivity index (χ1v) is 8.15. The monoisotopic (exact) mass is 380 g/mol. The third-order valence-electron chi connectivity index (χ3n) is 4.14. The van der Waals surface area contributed by atoms with Gasteiger partial charge in [0.25, 0.3) is 5.56 Å². The van der Waals surface area contributed by atoms with Crippen LogP contribution in [-0.2, 0) is 0 Å². The van der Waals surface area contributed by atoms with Crippen LogP contribution in [0.5, 0.6) is 0 Å². The summed E-state index contributed by atoms with van der Waals surface area (Å²) in [4.78, 5) is 17.6. The predicted octanol–water partition coefficient (Wildman–Crippen LogP) is 3.98. The minimum absolute atomic E-state index is 0.0173. The molecule has 4 rings (SSSR count). The third-order valence-corrected chi connectivity index (χ3v) is 4.14. The maximum atomic E-state index is 14.3. The molecule has 138 valence electrons. The number of aromatic amines is 1. The van der Waals surface area contributed by atoms with Gasteiger partial charge in [-0.1, -0.05) is 6.07 Å². The fraction of sp³-hybridized carbons (Fsp3) is 0. The van der Waals surface area contributed by atoms with E-state index in [4.69, 9.17) is 0 Å². The van der Waals surface area contributed by atoms with Crippen molar-refractivity contribution in [2.75, 3.05) is 0 Å². The van der Waals surface area contributed by atoms with Gasteiger partial charge in [-0.05, 0) is 42.0 Å². The van der Waals surface area contributed by atoms with E-state index in [9.17, 15) is 18.0 Å². The van der Waals surface area contributed by atoms with Crippen LogP contribution in [0.3, 0.4) is 0 Å². The lowest BCUT2D eigenvalue weighted by Crippen LogP contribution is -2.11. The molecule has 0 saturated heterocycles. The van der Waals surface area contributed by atoms with Gasteiger partial charge < -0.3 is 4.98 Å². The minimum atomic E-state index is -0.982. The van der Waals surface area contributed by atoms with Gasteiger partial charge in [-0.2, -0.15) is 10.2 Å². The Balaban J connectivity index is 1.83. The van der Waals surface area contributed by atoms with Crippen molar-refractivity contribution in [3.8, 4) is 33.6 Å². The Bertz CT molecular complexity index is 1240. The Morgan fingerprint density at radius 2 is 1.75 bits per heavy atom. The number of nitrogens with one attached hydrogen (secondary N) is 1. The zero-order valence-corrected chi connectivity index (χ0v) is 14.2. The largest absolute Gasteiger partial charge is 0.327 e. The SMILES string of the molecule is O=c1[nH]ccc(-c2cc(-c3ccc(F)c(-c4ncccc4F)c3)cnn2)c1F. The normalized spacial score (nSPS) is 10.8. The molecule has 0 aliphatic carbocycles. The van der Waals surface area contributed by atoms with E-state index in [0.29, 0.717) is 11.1 Å². The smallest absolute Gasteiger partial charge is 0.284 e. The highest BCUT2D eigenvalue weighted by Crippen LogP contribution is 2.30. The van der Waals surface area contributed by atoms with Crippen molar-refractivity contribution in [2.24, 2.45) is 0 Å². The minimum Gasteiger partial charge on any atom is -0.327 e. The lowest BCUT2D eigenvalue weighted by atomic mass is 10.0. The second kappa shape index (κ2) is 7.07. The lowest BCUT2D eigenvalue weighted by molar-refractivity contribution is 0.611. The summed E-state index contributed by atoms with van der Waals surface area (Å²) in [6, 6.07) is 9.57. The quantitative estimate of drug-likeness (QED) is 0.584. The molecule has 0 spiro atoms. The molecule has 0 atom stereocenters. The molecule has 0 aliphatic rings. The van der Waals surface area contributed by atoms with Crippen LogP contribution in [0.1, 0.15) is 0 Å². The highest BCUT2D eigenvalue weighted by molar-refractivity contribution is 5.74. The Morgan fingerprint density at radius 1 is 0.893 bits per heavy atom. The van der Waals surface area contributed by atoms with Gasteiger partial charge in [0.1, 0.15) is 17.3 Å². The van der Waals surface area contributed by atoms with Gasteiger partial charge in [-0.15, -0.1) is 0 Å².